The molecule has 1 nitrogen and oxygen atoms in total. The Hall–Kier alpha value is -0.800. The molecule has 0 aliphatic heterocycles. The Morgan fingerprint density at radius 3 is 2.65 bits per heavy atom. The highest BCUT2D eigenvalue weighted by Gasteiger charge is 2.29. The number of halogens is 2. The summed E-state index contributed by atoms with van der Waals surface area (Å²) in [6.07, 6.45) is 15.9. The molecule has 4 rings (SSSR count). The first-order chi connectivity index (χ1) is 12.6. The molecule has 2 unspecified atom stereocenters. The summed E-state index contributed by atoms with van der Waals surface area (Å²) in [5, 5.41) is 0. The molecule has 0 aromatic heterocycles. The number of hydrogen-bond donors (Lipinski definition) is 0. The van der Waals surface area contributed by atoms with Crippen molar-refractivity contribution in [1.82, 2.24) is 0 Å². The number of allylic oxidation sites excluding steroid dienone is 5. The van der Waals surface area contributed by atoms with Gasteiger partial charge in [0.1, 0.15) is 5.76 Å². The van der Waals surface area contributed by atoms with E-state index in [1.165, 1.54) is 60.6 Å². The quantitative estimate of drug-likeness (QED) is 0.435. The van der Waals surface area contributed by atoms with Gasteiger partial charge in [0.15, 0.2) is 0 Å². The Morgan fingerprint density at radius 1 is 1.04 bits per heavy atom. The van der Waals surface area contributed by atoms with Crippen molar-refractivity contribution in [3.05, 3.63) is 66.8 Å². The number of methoxy groups -OCH3 is 1. The van der Waals surface area contributed by atoms with Gasteiger partial charge in [0, 0.05) is 10.4 Å². The van der Waals surface area contributed by atoms with E-state index < -0.39 is 0 Å². The fraction of sp³-hybridized carbons (Fsp3) is 0.478. The highest BCUT2D eigenvalue weighted by molar-refractivity contribution is 9.12. The van der Waals surface area contributed by atoms with E-state index in [-0.39, 0.29) is 0 Å². The molecule has 0 N–H and O–H groups in total. The molecule has 26 heavy (non-hydrogen) atoms. The summed E-state index contributed by atoms with van der Waals surface area (Å²) in [6, 6.07) is 2.38. The zero-order chi connectivity index (χ0) is 18.3. The maximum absolute atomic E-state index is 5.68. The average molecular weight is 478 g/mol. The first-order valence-corrected chi connectivity index (χ1v) is 11.3. The molecule has 0 radical (unpaired) electrons. The van der Waals surface area contributed by atoms with Crippen molar-refractivity contribution < 1.29 is 4.74 Å². The van der Waals surface area contributed by atoms with Crippen molar-refractivity contribution in [3.8, 4) is 0 Å². The normalized spacial score (nSPS) is 25.3. The topological polar surface area (TPSA) is 9.23 Å². The maximum Gasteiger partial charge on any atom is 0.133 e. The largest absolute Gasteiger partial charge is 0.496 e. The molecule has 1 aromatic rings. The highest BCUT2D eigenvalue weighted by Crippen LogP contribution is 2.45. The lowest BCUT2D eigenvalue weighted by Crippen LogP contribution is -2.13. The third kappa shape index (κ3) is 3.38. The number of hydrogen-bond acceptors (Lipinski definition) is 1. The lowest BCUT2D eigenvalue weighted by atomic mass is 9.77. The Bertz CT molecular complexity index is 816. The van der Waals surface area contributed by atoms with Crippen molar-refractivity contribution in [2.24, 2.45) is 5.92 Å². The van der Waals surface area contributed by atoms with E-state index in [9.17, 15) is 0 Å². The molecule has 0 amide bonds. The predicted octanol–water partition coefficient (Wildman–Crippen LogP) is 7.27. The first-order valence-electron chi connectivity index (χ1n) is 9.74. The standard InChI is InChI=1S/C23H26Br2O/c1-14-20(24)12-16-7-3-4-8-18(16)23(14)19-9-5-6-15-10-17(19)13-22(26-2)21(25)11-15/h10-13,15,19H,3-9H2,1-2H3. The Labute approximate surface area is 173 Å². The van der Waals surface area contributed by atoms with Gasteiger partial charge in [-0.25, -0.2) is 0 Å². The third-order valence-electron chi connectivity index (χ3n) is 6.20. The van der Waals surface area contributed by atoms with Crippen LogP contribution >= 0.6 is 31.9 Å². The van der Waals surface area contributed by atoms with E-state index in [0.29, 0.717) is 11.8 Å². The number of ether oxygens (including phenoxy) is 1. The molecule has 0 saturated heterocycles. The van der Waals surface area contributed by atoms with Crippen LogP contribution < -0.4 is 0 Å². The van der Waals surface area contributed by atoms with Gasteiger partial charge in [-0.05, 0) is 107 Å². The van der Waals surface area contributed by atoms with Crippen molar-refractivity contribution in [2.45, 2.75) is 57.8 Å². The van der Waals surface area contributed by atoms with Crippen LogP contribution in [-0.4, -0.2) is 7.11 Å². The fourth-order valence-electron chi connectivity index (χ4n) is 4.89. The first kappa shape index (κ1) is 18.6. The second-order valence-corrected chi connectivity index (χ2v) is 9.49. The molecule has 0 heterocycles. The van der Waals surface area contributed by atoms with Crippen LogP contribution in [0.4, 0.5) is 0 Å². The van der Waals surface area contributed by atoms with E-state index in [4.69, 9.17) is 4.74 Å². The van der Waals surface area contributed by atoms with Crippen LogP contribution in [-0.2, 0) is 17.6 Å². The van der Waals surface area contributed by atoms with Crippen LogP contribution in [0.3, 0.4) is 0 Å². The van der Waals surface area contributed by atoms with Gasteiger partial charge < -0.3 is 4.74 Å². The van der Waals surface area contributed by atoms with E-state index in [2.05, 4.69) is 63.1 Å². The van der Waals surface area contributed by atoms with Crippen LogP contribution in [0.15, 0.2) is 44.6 Å². The molecule has 138 valence electrons. The minimum absolute atomic E-state index is 0.473. The van der Waals surface area contributed by atoms with Gasteiger partial charge in [0.25, 0.3) is 0 Å². The Balaban J connectivity index is 1.87. The minimum atomic E-state index is 0.473. The van der Waals surface area contributed by atoms with Crippen molar-refractivity contribution >= 4 is 31.9 Å². The summed E-state index contributed by atoms with van der Waals surface area (Å²) in [6.45, 7) is 2.29. The number of fused-ring (bicyclic) bond motifs is 2. The van der Waals surface area contributed by atoms with Gasteiger partial charge in [-0.3, -0.25) is 0 Å². The fourth-order valence-corrected chi connectivity index (χ4v) is 6.00. The zero-order valence-electron chi connectivity index (χ0n) is 15.6. The summed E-state index contributed by atoms with van der Waals surface area (Å²) in [5.41, 5.74) is 7.65. The van der Waals surface area contributed by atoms with Crippen LogP contribution in [0.5, 0.6) is 0 Å². The van der Waals surface area contributed by atoms with Crippen LogP contribution in [0.2, 0.25) is 0 Å². The van der Waals surface area contributed by atoms with Crippen LogP contribution in [0.1, 0.15) is 60.3 Å². The molecule has 2 bridgehead atoms. The summed E-state index contributed by atoms with van der Waals surface area (Å²) < 4.78 is 8.04. The van der Waals surface area contributed by atoms with Gasteiger partial charge in [-0.1, -0.05) is 34.5 Å². The van der Waals surface area contributed by atoms with E-state index in [0.717, 1.165) is 10.2 Å². The van der Waals surface area contributed by atoms with Gasteiger partial charge in [-0.15, -0.1) is 0 Å². The summed E-state index contributed by atoms with van der Waals surface area (Å²) in [7, 11) is 1.77. The molecule has 3 heteroatoms. The van der Waals surface area contributed by atoms with Gasteiger partial charge in [0.05, 0.1) is 11.6 Å². The Morgan fingerprint density at radius 2 is 1.85 bits per heavy atom. The summed E-state index contributed by atoms with van der Waals surface area (Å²) in [4.78, 5) is 0. The SMILES string of the molecule is COC1=CC2=CC(C=C1Br)CCCC2c1c(C)c(Br)cc2c1CCCC2. The third-order valence-corrected chi connectivity index (χ3v) is 7.68. The Kier molecular flexibility index (Phi) is 5.48. The van der Waals surface area contributed by atoms with Gasteiger partial charge in [0.2, 0.25) is 0 Å². The van der Waals surface area contributed by atoms with Gasteiger partial charge in [-0.2, -0.15) is 0 Å². The molecule has 3 aliphatic carbocycles. The van der Waals surface area contributed by atoms with E-state index in [1.54, 1.807) is 23.8 Å². The number of aryl methyl sites for hydroxylation is 1. The molecule has 3 aliphatic rings. The molecular formula is C23H26Br2O. The van der Waals surface area contributed by atoms with Crippen molar-refractivity contribution in [1.29, 1.82) is 0 Å². The number of rotatable bonds is 2. The second-order valence-electron chi connectivity index (χ2n) is 7.78. The lowest BCUT2D eigenvalue weighted by molar-refractivity contribution is 0.304. The monoisotopic (exact) mass is 476 g/mol. The molecule has 0 spiro atoms. The van der Waals surface area contributed by atoms with Crippen LogP contribution in [0, 0.1) is 12.8 Å². The molecule has 0 saturated carbocycles. The smallest absolute Gasteiger partial charge is 0.133 e. The lowest BCUT2D eigenvalue weighted by Gasteiger charge is -2.28. The van der Waals surface area contributed by atoms with E-state index in [1.807, 2.05) is 0 Å². The maximum atomic E-state index is 5.68. The molecule has 1 aromatic carbocycles. The van der Waals surface area contributed by atoms with Crippen LogP contribution in [0.25, 0.3) is 0 Å². The van der Waals surface area contributed by atoms with E-state index >= 15 is 0 Å². The minimum Gasteiger partial charge on any atom is -0.496 e. The zero-order valence-corrected chi connectivity index (χ0v) is 18.8. The highest BCUT2D eigenvalue weighted by atomic mass is 79.9. The second kappa shape index (κ2) is 7.67. The van der Waals surface area contributed by atoms with Crippen molar-refractivity contribution in [3.63, 3.8) is 0 Å². The predicted molar refractivity (Wildman–Crippen MR) is 116 cm³/mol. The molecule has 0 fully saturated rings. The summed E-state index contributed by atoms with van der Waals surface area (Å²) >= 11 is 7.57. The van der Waals surface area contributed by atoms with Crippen molar-refractivity contribution in [2.75, 3.05) is 7.11 Å². The average Bonchev–Trinajstić information content (AvgIpc) is 2.92. The van der Waals surface area contributed by atoms with Gasteiger partial charge >= 0.3 is 0 Å². The summed E-state index contributed by atoms with van der Waals surface area (Å²) in [5.74, 6) is 1.92. The molecular weight excluding hydrogens is 452 g/mol. The number of benzene rings is 1. The molecule has 2 atom stereocenters.